The molecule has 0 saturated carbocycles. The van der Waals surface area contributed by atoms with Crippen LogP contribution in [0.5, 0.6) is 0 Å². The fraction of sp³-hybridized carbons (Fsp3) is 1.00. The number of rotatable bonds is 7. The molecule has 1 heterocycles. The van der Waals surface area contributed by atoms with E-state index in [2.05, 4.69) is 17.9 Å². The van der Waals surface area contributed by atoms with Crippen molar-refractivity contribution in [3.63, 3.8) is 0 Å². The number of phosphoric ester groups is 1. The summed E-state index contributed by atoms with van der Waals surface area (Å²) >= 11 is 0. The molecule has 0 bridgehead atoms. The van der Waals surface area contributed by atoms with Crippen molar-refractivity contribution in [2.45, 2.75) is 24.6 Å². The largest absolute Gasteiger partial charge is 0.790 e. The van der Waals surface area contributed by atoms with Crippen molar-refractivity contribution in [3.8, 4) is 0 Å². The van der Waals surface area contributed by atoms with E-state index in [1.54, 1.807) is 0 Å². The lowest BCUT2D eigenvalue weighted by Crippen LogP contribution is -2.34. The highest BCUT2D eigenvalue weighted by Crippen LogP contribution is 2.60. The number of hydrogen-bond donors (Lipinski definition) is 3. The van der Waals surface area contributed by atoms with E-state index in [1.807, 2.05) is 0 Å². The molecule has 17 heteroatoms. The van der Waals surface area contributed by atoms with Gasteiger partial charge in [0.05, 0.1) is 14.4 Å². The monoisotopic (exact) mass is 386 g/mol. The Hall–Kier alpha value is 0.250. The normalized spacial score (nSPS) is 35.0. The van der Waals surface area contributed by atoms with Crippen LogP contribution in [0.25, 0.3) is 0 Å². The molecular weight excluding hydrogens is 377 g/mol. The highest BCUT2D eigenvalue weighted by molar-refractivity contribution is 7.64. The Morgan fingerprint density at radius 1 is 0.909 bits per heavy atom. The molecule has 1 aliphatic heterocycles. The predicted octanol–water partition coefficient (Wildman–Crippen LogP) is -4.76. The average Bonchev–Trinajstić information content (AvgIpc) is 2.49. The highest BCUT2D eigenvalue weighted by atomic mass is 31.3. The summed E-state index contributed by atoms with van der Waals surface area (Å²) in [5, 5.41) is 27.4. The van der Waals surface area contributed by atoms with E-state index in [0.717, 1.165) is 0 Å². The van der Waals surface area contributed by atoms with Gasteiger partial charge in [0, 0.05) is 0 Å². The summed E-state index contributed by atoms with van der Waals surface area (Å²) in [6, 6.07) is 0. The van der Waals surface area contributed by atoms with Gasteiger partial charge in [-0.05, 0) is 0 Å². The minimum atomic E-state index is -6.09. The van der Waals surface area contributed by atoms with Crippen molar-refractivity contribution in [1.29, 1.82) is 0 Å². The van der Waals surface area contributed by atoms with Gasteiger partial charge in [0.25, 0.3) is 15.6 Å². The van der Waals surface area contributed by atoms with Crippen LogP contribution < -0.4 is 19.6 Å². The summed E-state index contributed by atoms with van der Waals surface area (Å²) < 4.78 is 46.6. The second-order valence-corrected chi connectivity index (χ2v) is 8.09. The predicted molar refractivity (Wildman–Crippen MR) is 53.8 cm³/mol. The lowest BCUT2D eigenvalue weighted by atomic mass is 10.1. The lowest BCUT2D eigenvalue weighted by Gasteiger charge is -2.37. The molecular formula is C5H9O14P3-4. The molecule has 14 nitrogen and oxygen atoms in total. The first-order valence-corrected chi connectivity index (χ1v) is 9.52. The number of hydrogen-bond acceptors (Lipinski definition) is 14. The van der Waals surface area contributed by atoms with Crippen molar-refractivity contribution in [2.24, 2.45) is 0 Å². The van der Waals surface area contributed by atoms with Crippen LogP contribution in [-0.4, -0.2) is 46.5 Å². The van der Waals surface area contributed by atoms with E-state index in [-0.39, 0.29) is 0 Å². The molecule has 6 atom stereocenters. The van der Waals surface area contributed by atoms with E-state index >= 15 is 0 Å². The Kier molecular flexibility index (Phi) is 6.47. The van der Waals surface area contributed by atoms with Gasteiger partial charge in [-0.15, -0.1) is 0 Å². The fourth-order valence-corrected chi connectivity index (χ4v) is 4.18. The Labute approximate surface area is 122 Å². The SMILES string of the molecule is O=P([O-])([O-])OP(=O)([O-])OP(=O)([O-])OC[C@H]1O[C@@H](O)[C@H](O)[C@@H]1O. The van der Waals surface area contributed by atoms with Crippen molar-refractivity contribution < 1.29 is 66.5 Å². The van der Waals surface area contributed by atoms with Crippen molar-refractivity contribution in [2.75, 3.05) is 6.61 Å². The molecule has 0 amide bonds. The summed E-state index contributed by atoms with van der Waals surface area (Å²) in [4.78, 5) is 42.1. The summed E-state index contributed by atoms with van der Waals surface area (Å²) in [6.45, 7) is -1.09. The topological polar surface area (TPSA) is 241 Å². The molecule has 1 saturated heterocycles. The number of aliphatic hydroxyl groups is 3. The van der Waals surface area contributed by atoms with E-state index < -0.39 is 54.7 Å². The third kappa shape index (κ3) is 6.40. The molecule has 0 spiro atoms. The molecule has 2 unspecified atom stereocenters. The van der Waals surface area contributed by atoms with Crippen LogP contribution in [0.15, 0.2) is 0 Å². The molecule has 0 aromatic heterocycles. The smallest absolute Gasteiger partial charge is 0.278 e. The Morgan fingerprint density at radius 2 is 1.45 bits per heavy atom. The van der Waals surface area contributed by atoms with Crippen LogP contribution in [0.3, 0.4) is 0 Å². The van der Waals surface area contributed by atoms with E-state index in [0.29, 0.717) is 0 Å². The Balaban J connectivity index is 2.60. The van der Waals surface area contributed by atoms with Crippen LogP contribution >= 0.6 is 23.5 Å². The molecule has 1 aliphatic rings. The number of phosphoric acid groups is 3. The van der Waals surface area contributed by atoms with Crippen molar-refractivity contribution in [1.82, 2.24) is 0 Å². The maximum absolute atomic E-state index is 11.1. The van der Waals surface area contributed by atoms with Crippen LogP contribution in [0.4, 0.5) is 0 Å². The molecule has 1 fully saturated rings. The summed E-state index contributed by atoms with van der Waals surface area (Å²) in [7, 11) is -17.9. The van der Waals surface area contributed by atoms with Gasteiger partial charge in [0.2, 0.25) is 0 Å². The third-order valence-corrected chi connectivity index (χ3v) is 5.80. The van der Waals surface area contributed by atoms with E-state index in [4.69, 9.17) is 10.2 Å². The molecule has 0 aromatic carbocycles. The van der Waals surface area contributed by atoms with Gasteiger partial charge in [0.1, 0.15) is 18.3 Å². The first-order valence-electron chi connectivity index (χ1n) is 5.13. The third-order valence-electron chi connectivity index (χ3n) is 2.13. The van der Waals surface area contributed by atoms with Crippen LogP contribution in [0.1, 0.15) is 0 Å². The molecule has 0 aromatic rings. The van der Waals surface area contributed by atoms with Crippen LogP contribution in [-0.2, 0) is 31.6 Å². The van der Waals surface area contributed by atoms with Gasteiger partial charge >= 0.3 is 0 Å². The van der Waals surface area contributed by atoms with Crippen molar-refractivity contribution >= 4 is 23.5 Å². The fourth-order valence-electron chi connectivity index (χ4n) is 1.31. The number of ether oxygens (including phenoxy) is 1. The average molecular weight is 386 g/mol. The van der Waals surface area contributed by atoms with Gasteiger partial charge in [-0.3, -0.25) is 13.4 Å². The van der Waals surface area contributed by atoms with Crippen molar-refractivity contribution in [3.05, 3.63) is 0 Å². The first kappa shape index (κ1) is 20.3. The van der Waals surface area contributed by atoms with Crippen LogP contribution in [0, 0.1) is 0 Å². The lowest BCUT2D eigenvalue weighted by molar-refractivity contribution is -0.339. The maximum atomic E-state index is 11.1. The minimum absolute atomic E-state index is 1.09. The Bertz CT molecular complexity index is 527. The highest BCUT2D eigenvalue weighted by Gasteiger charge is 2.42. The van der Waals surface area contributed by atoms with Gasteiger partial charge in [-0.25, -0.2) is 4.31 Å². The Morgan fingerprint density at radius 3 is 1.86 bits per heavy atom. The van der Waals surface area contributed by atoms with E-state index in [9.17, 15) is 38.4 Å². The molecule has 0 radical (unpaired) electrons. The van der Waals surface area contributed by atoms with Gasteiger partial charge in [-0.1, -0.05) is 0 Å². The zero-order chi connectivity index (χ0) is 17.3. The molecule has 3 N–H and O–H groups in total. The van der Waals surface area contributed by atoms with Gasteiger partial charge in [0.15, 0.2) is 6.29 Å². The molecule has 1 rings (SSSR count). The summed E-state index contributed by atoms with van der Waals surface area (Å²) in [6.07, 6.45) is -6.92. The molecule has 132 valence electrons. The van der Waals surface area contributed by atoms with E-state index in [1.165, 1.54) is 0 Å². The summed E-state index contributed by atoms with van der Waals surface area (Å²) in [5.74, 6) is 0. The molecule has 22 heavy (non-hydrogen) atoms. The number of aliphatic hydroxyl groups excluding tert-OH is 3. The molecule has 0 aliphatic carbocycles. The minimum Gasteiger partial charge on any atom is -0.790 e. The first-order chi connectivity index (χ1) is 9.72. The quantitative estimate of drug-likeness (QED) is 0.348. The maximum Gasteiger partial charge on any atom is 0.278 e. The second-order valence-electron chi connectivity index (χ2n) is 3.85. The summed E-state index contributed by atoms with van der Waals surface area (Å²) in [5.41, 5.74) is 0. The van der Waals surface area contributed by atoms with Crippen LogP contribution in [0.2, 0.25) is 0 Å². The zero-order valence-electron chi connectivity index (χ0n) is 10.2. The van der Waals surface area contributed by atoms with Gasteiger partial charge in [-0.2, -0.15) is 0 Å². The zero-order valence-corrected chi connectivity index (χ0v) is 12.9. The van der Waals surface area contributed by atoms with Gasteiger partial charge < -0.3 is 48.7 Å². The standard InChI is InChI=1S/C5H13O14P3/c6-3-2(17-5(8)4(3)7)1-16-21(12,13)19-22(14,15)18-20(9,10)11/h2-8H,1H2,(H,12,13)(H,14,15)(H2,9,10,11)/p-4/t2-,3-,4-,5-/m1/s1. The second kappa shape index (κ2) is 7.01.